The Kier molecular flexibility index (Phi) is 8.50. The normalized spacial score (nSPS) is 14.2. The van der Waals surface area contributed by atoms with E-state index in [1.54, 1.807) is 6.20 Å². The van der Waals surface area contributed by atoms with Crippen molar-refractivity contribution in [2.24, 2.45) is 5.73 Å². The Hall–Kier alpha value is -2.56. The van der Waals surface area contributed by atoms with Crippen LogP contribution in [0, 0.1) is 0 Å². The standard InChI is InChI=1S/C19H26N4O5S/c1-29-7-6-13(20)17(25)23-16(10-24)18(26)22-15(19(27)28)8-11-9-21-14-5-3-2-4-12(11)14/h2-5,9,13,15-16,21,24H,6-8,10,20H2,1H3,(H,22,26)(H,23,25)(H,27,28). The molecule has 7 N–H and O–H groups in total. The third-order valence-electron chi connectivity index (χ3n) is 4.50. The summed E-state index contributed by atoms with van der Waals surface area (Å²) in [5.74, 6) is -1.90. The molecule has 29 heavy (non-hydrogen) atoms. The molecule has 0 saturated carbocycles. The minimum Gasteiger partial charge on any atom is -0.480 e. The number of aliphatic hydroxyl groups excluding tert-OH is 1. The second kappa shape index (κ2) is 10.8. The molecule has 2 aromatic rings. The Balaban J connectivity index is 2.03. The van der Waals surface area contributed by atoms with Crippen LogP contribution in [0.5, 0.6) is 0 Å². The van der Waals surface area contributed by atoms with Gasteiger partial charge in [0, 0.05) is 23.5 Å². The van der Waals surface area contributed by atoms with Gasteiger partial charge in [0.2, 0.25) is 11.8 Å². The van der Waals surface area contributed by atoms with Crippen LogP contribution in [-0.2, 0) is 20.8 Å². The van der Waals surface area contributed by atoms with Gasteiger partial charge in [0.25, 0.3) is 0 Å². The predicted octanol–water partition coefficient (Wildman–Crippen LogP) is -0.163. The summed E-state index contributed by atoms with van der Waals surface area (Å²) >= 11 is 1.54. The molecule has 0 aliphatic carbocycles. The molecule has 0 radical (unpaired) electrons. The second-order valence-corrected chi connectivity index (χ2v) is 7.58. The smallest absolute Gasteiger partial charge is 0.326 e. The first-order chi connectivity index (χ1) is 13.9. The van der Waals surface area contributed by atoms with Crippen LogP contribution in [0.3, 0.4) is 0 Å². The van der Waals surface area contributed by atoms with Gasteiger partial charge in [0.15, 0.2) is 0 Å². The van der Waals surface area contributed by atoms with Crippen LogP contribution >= 0.6 is 11.8 Å². The molecule has 3 atom stereocenters. The fourth-order valence-corrected chi connectivity index (χ4v) is 3.33. The molecule has 1 aromatic carbocycles. The number of amides is 2. The average molecular weight is 423 g/mol. The Labute approximate surface area is 172 Å². The third-order valence-corrected chi connectivity index (χ3v) is 5.14. The van der Waals surface area contributed by atoms with Crippen molar-refractivity contribution in [1.29, 1.82) is 0 Å². The number of aliphatic carboxylic acids is 1. The van der Waals surface area contributed by atoms with E-state index in [1.165, 1.54) is 11.8 Å². The first kappa shape index (κ1) is 22.7. The van der Waals surface area contributed by atoms with Gasteiger partial charge in [0.05, 0.1) is 12.6 Å². The van der Waals surface area contributed by atoms with E-state index in [4.69, 9.17) is 5.73 Å². The van der Waals surface area contributed by atoms with E-state index >= 15 is 0 Å². The molecule has 0 bridgehead atoms. The number of aromatic amines is 1. The summed E-state index contributed by atoms with van der Waals surface area (Å²) in [6.07, 6.45) is 4.05. The van der Waals surface area contributed by atoms with Crippen LogP contribution in [0.2, 0.25) is 0 Å². The van der Waals surface area contributed by atoms with E-state index in [0.29, 0.717) is 12.2 Å². The maximum atomic E-state index is 12.5. The van der Waals surface area contributed by atoms with E-state index in [-0.39, 0.29) is 6.42 Å². The fourth-order valence-electron chi connectivity index (χ4n) is 2.84. The quantitative estimate of drug-likeness (QED) is 0.294. The van der Waals surface area contributed by atoms with Gasteiger partial charge in [-0.25, -0.2) is 4.79 Å². The number of aliphatic hydroxyl groups is 1. The molecule has 10 heteroatoms. The number of aromatic nitrogens is 1. The number of hydrogen-bond donors (Lipinski definition) is 6. The van der Waals surface area contributed by atoms with Crippen molar-refractivity contribution in [3.05, 3.63) is 36.0 Å². The molecule has 1 heterocycles. The Morgan fingerprint density at radius 3 is 2.52 bits per heavy atom. The molecular weight excluding hydrogens is 396 g/mol. The van der Waals surface area contributed by atoms with Crippen LogP contribution < -0.4 is 16.4 Å². The highest BCUT2D eigenvalue weighted by Gasteiger charge is 2.28. The number of nitrogens with two attached hydrogens (primary N) is 1. The first-order valence-electron chi connectivity index (χ1n) is 9.11. The number of rotatable bonds is 11. The summed E-state index contributed by atoms with van der Waals surface area (Å²) in [7, 11) is 0. The lowest BCUT2D eigenvalue weighted by Gasteiger charge is -2.21. The summed E-state index contributed by atoms with van der Waals surface area (Å²) < 4.78 is 0. The number of hydrogen-bond acceptors (Lipinski definition) is 6. The van der Waals surface area contributed by atoms with Crippen molar-refractivity contribution >= 4 is 40.4 Å². The van der Waals surface area contributed by atoms with Gasteiger partial charge in [-0.15, -0.1) is 0 Å². The predicted molar refractivity (Wildman–Crippen MR) is 112 cm³/mol. The molecule has 0 spiro atoms. The van der Waals surface area contributed by atoms with Crippen LogP contribution in [0.25, 0.3) is 10.9 Å². The lowest BCUT2D eigenvalue weighted by molar-refractivity contribution is -0.142. The number of carboxylic acid groups (broad SMARTS) is 1. The van der Waals surface area contributed by atoms with Crippen LogP contribution in [0.15, 0.2) is 30.5 Å². The third kappa shape index (κ3) is 6.21. The fraction of sp³-hybridized carbons (Fsp3) is 0.421. The van der Waals surface area contributed by atoms with Crippen LogP contribution in [0.1, 0.15) is 12.0 Å². The van der Waals surface area contributed by atoms with Crippen molar-refractivity contribution in [2.75, 3.05) is 18.6 Å². The molecule has 158 valence electrons. The van der Waals surface area contributed by atoms with Gasteiger partial charge in [-0.1, -0.05) is 18.2 Å². The zero-order valence-electron chi connectivity index (χ0n) is 16.1. The minimum atomic E-state index is -1.28. The summed E-state index contributed by atoms with van der Waals surface area (Å²) in [5.41, 5.74) is 7.36. The number of thioether (sulfide) groups is 1. The lowest BCUT2D eigenvalue weighted by atomic mass is 10.0. The highest BCUT2D eigenvalue weighted by atomic mass is 32.2. The summed E-state index contributed by atoms with van der Waals surface area (Å²) in [6.45, 7) is -0.674. The molecule has 0 aliphatic heterocycles. The Morgan fingerprint density at radius 2 is 1.86 bits per heavy atom. The first-order valence-corrected chi connectivity index (χ1v) is 10.5. The van der Waals surface area contributed by atoms with Crippen molar-refractivity contribution < 1.29 is 24.6 Å². The van der Waals surface area contributed by atoms with Crippen molar-refractivity contribution in [2.45, 2.75) is 31.0 Å². The number of H-pyrrole nitrogens is 1. The number of fused-ring (bicyclic) bond motifs is 1. The number of carbonyl (C=O) groups excluding carboxylic acids is 2. The number of nitrogens with one attached hydrogen (secondary N) is 3. The van der Waals surface area contributed by atoms with Crippen molar-refractivity contribution in [3.8, 4) is 0 Å². The molecule has 1 aromatic heterocycles. The number of benzene rings is 1. The second-order valence-electron chi connectivity index (χ2n) is 6.59. The Bertz CT molecular complexity index is 856. The van der Waals surface area contributed by atoms with E-state index < -0.39 is 42.5 Å². The molecule has 0 saturated heterocycles. The summed E-state index contributed by atoms with van der Waals surface area (Å²) in [5, 5.41) is 24.6. The largest absolute Gasteiger partial charge is 0.480 e. The zero-order chi connectivity index (χ0) is 21.4. The van der Waals surface area contributed by atoms with Gasteiger partial charge in [-0.2, -0.15) is 11.8 Å². The monoisotopic (exact) mass is 422 g/mol. The van der Waals surface area contributed by atoms with E-state index in [9.17, 15) is 24.6 Å². The van der Waals surface area contributed by atoms with E-state index in [0.717, 1.165) is 16.5 Å². The highest BCUT2D eigenvalue weighted by molar-refractivity contribution is 7.98. The molecule has 9 nitrogen and oxygen atoms in total. The van der Waals surface area contributed by atoms with Crippen LogP contribution in [0.4, 0.5) is 0 Å². The van der Waals surface area contributed by atoms with Gasteiger partial charge < -0.3 is 31.6 Å². The van der Waals surface area contributed by atoms with E-state index in [1.807, 2.05) is 30.5 Å². The van der Waals surface area contributed by atoms with E-state index in [2.05, 4.69) is 15.6 Å². The molecule has 0 aliphatic rings. The molecule has 2 rings (SSSR count). The lowest BCUT2D eigenvalue weighted by Crippen LogP contribution is -2.56. The van der Waals surface area contributed by atoms with Crippen molar-refractivity contribution in [1.82, 2.24) is 15.6 Å². The van der Waals surface area contributed by atoms with Crippen molar-refractivity contribution in [3.63, 3.8) is 0 Å². The number of para-hydroxylation sites is 1. The van der Waals surface area contributed by atoms with Crippen LogP contribution in [-0.4, -0.2) is 69.7 Å². The zero-order valence-corrected chi connectivity index (χ0v) is 16.9. The van der Waals surface area contributed by atoms with Gasteiger partial charge in [0.1, 0.15) is 12.1 Å². The SMILES string of the molecule is CSCCC(N)C(=O)NC(CO)C(=O)NC(Cc1c[nH]c2ccccc12)C(=O)O. The minimum absolute atomic E-state index is 0.0461. The summed E-state index contributed by atoms with van der Waals surface area (Å²) in [6, 6.07) is 4.10. The number of carbonyl (C=O) groups is 3. The number of carboxylic acids is 1. The molecule has 3 unspecified atom stereocenters. The maximum Gasteiger partial charge on any atom is 0.326 e. The average Bonchev–Trinajstić information content (AvgIpc) is 3.12. The van der Waals surface area contributed by atoms with Gasteiger partial charge in [-0.3, -0.25) is 9.59 Å². The molecule has 0 fully saturated rings. The van der Waals surface area contributed by atoms with Gasteiger partial charge in [-0.05, 0) is 30.1 Å². The Morgan fingerprint density at radius 1 is 1.17 bits per heavy atom. The highest BCUT2D eigenvalue weighted by Crippen LogP contribution is 2.19. The molecular formula is C19H26N4O5S. The molecule has 2 amide bonds. The summed E-state index contributed by atoms with van der Waals surface area (Å²) in [4.78, 5) is 39.3. The topological polar surface area (TPSA) is 158 Å². The van der Waals surface area contributed by atoms with Gasteiger partial charge >= 0.3 is 5.97 Å². The maximum absolute atomic E-state index is 12.5.